The average Bonchev–Trinajstić information content (AvgIpc) is 2.72. The summed E-state index contributed by atoms with van der Waals surface area (Å²) >= 11 is 1.93. The monoisotopic (exact) mass is 310 g/mol. The van der Waals surface area contributed by atoms with Crippen LogP contribution in [0.4, 0.5) is 11.4 Å². The van der Waals surface area contributed by atoms with Crippen LogP contribution in [0, 0.1) is 11.8 Å². The van der Waals surface area contributed by atoms with E-state index in [0.29, 0.717) is 17.1 Å². The fraction of sp³-hybridized carbons (Fsp3) is 0.421. The van der Waals surface area contributed by atoms with Crippen molar-refractivity contribution in [2.75, 3.05) is 5.73 Å². The molecule has 2 nitrogen and oxygen atoms in total. The first-order valence-corrected chi connectivity index (χ1v) is 9.19. The number of fused-ring (bicyclic) bond motifs is 2. The van der Waals surface area contributed by atoms with E-state index in [1.165, 1.54) is 42.7 Å². The van der Waals surface area contributed by atoms with Crippen molar-refractivity contribution in [2.45, 2.75) is 42.2 Å². The Morgan fingerprint density at radius 3 is 2.73 bits per heavy atom. The molecule has 3 aliphatic rings. The summed E-state index contributed by atoms with van der Waals surface area (Å²) < 4.78 is 0. The van der Waals surface area contributed by atoms with Gasteiger partial charge in [-0.05, 0) is 37.0 Å². The number of nitrogens with two attached hydrogens (primary N) is 1. The van der Waals surface area contributed by atoms with Gasteiger partial charge in [0.05, 0.1) is 5.69 Å². The van der Waals surface area contributed by atoms with E-state index in [4.69, 9.17) is 10.7 Å². The van der Waals surface area contributed by atoms with Crippen molar-refractivity contribution in [3.05, 3.63) is 42.5 Å². The molecule has 1 aromatic carbocycles. The Bertz CT molecular complexity index is 653. The van der Waals surface area contributed by atoms with Gasteiger partial charge in [0.15, 0.2) is 0 Å². The number of benzene rings is 1. The quantitative estimate of drug-likeness (QED) is 0.729. The van der Waals surface area contributed by atoms with Crippen LogP contribution in [-0.4, -0.2) is 11.0 Å². The molecule has 0 radical (unpaired) electrons. The second-order valence-corrected chi connectivity index (χ2v) is 7.70. The molecule has 1 aromatic rings. The molecule has 4 rings (SSSR count). The molecule has 0 aromatic heterocycles. The van der Waals surface area contributed by atoms with Crippen molar-refractivity contribution >= 4 is 28.8 Å². The Morgan fingerprint density at radius 1 is 1.05 bits per heavy atom. The Balaban J connectivity index is 1.79. The first-order chi connectivity index (χ1) is 10.8. The zero-order chi connectivity index (χ0) is 14.9. The topological polar surface area (TPSA) is 38.4 Å². The Kier molecular flexibility index (Phi) is 3.83. The molecule has 3 heteroatoms. The predicted octanol–water partition coefficient (Wildman–Crippen LogP) is 5.14. The summed E-state index contributed by atoms with van der Waals surface area (Å²) in [6.07, 6.45) is 15.7. The van der Waals surface area contributed by atoms with Crippen molar-refractivity contribution in [3.8, 4) is 0 Å². The van der Waals surface area contributed by atoms with Crippen LogP contribution in [0.15, 0.2) is 52.4 Å². The number of thioether (sulfide) groups is 1. The molecule has 2 N–H and O–H groups in total. The Labute approximate surface area is 136 Å². The van der Waals surface area contributed by atoms with Crippen LogP contribution in [0.25, 0.3) is 0 Å². The van der Waals surface area contributed by atoms with Gasteiger partial charge in [-0.2, -0.15) is 0 Å². The SMILES string of the molecule is Nc1ccc2c(c1)N=C(C1CCCCC1)C1C=CC=CC1S2. The minimum absolute atomic E-state index is 0.437. The first kappa shape index (κ1) is 14.1. The van der Waals surface area contributed by atoms with E-state index in [9.17, 15) is 0 Å². The van der Waals surface area contributed by atoms with Crippen molar-refractivity contribution < 1.29 is 0 Å². The minimum Gasteiger partial charge on any atom is -0.399 e. The standard InChI is InChI=1S/C19H22N2S/c20-14-10-11-18-16(12-14)21-19(13-6-2-1-3-7-13)15-8-4-5-9-17(15)22-18/h4-5,8-13,15,17H,1-3,6-7,20H2. The molecule has 2 aliphatic carbocycles. The maximum Gasteiger partial charge on any atom is 0.0785 e. The highest BCUT2D eigenvalue weighted by atomic mass is 32.2. The molecule has 0 spiro atoms. The van der Waals surface area contributed by atoms with Gasteiger partial charge in [0, 0.05) is 27.5 Å². The lowest BCUT2D eigenvalue weighted by molar-refractivity contribution is 0.431. The molecule has 1 heterocycles. The van der Waals surface area contributed by atoms with E-state index >= 15 is 0 Å². The number of hydrogen-bond donors (Lipinski definition) is 1. The van der Waals surface area contributed by atoms with E-state index in [-0.39, 0.29) is 0 Å². The highest BCUT2D eigenvalue weighted by Crippen LogP contribution is 2.44. The first-order valence-electron chi connectivity index (χ1n) is 8.31. The van der Waals surface area contributed by atoms with Crippen LogP contribution in [0.1, 0.15) is 32.1 Å². The van der Waals surface area contributed by atoms with Gasteiger partial charge in [-0.1, -0.05) is 43.6 Å². The highest BCUT2D eigenvalue weighted by molar-refractivity contribution is 8.00. The molecule has 1 saturated carbocycles. The van der Waals surface area contributed by atoms with Gasteiger partial charge in [-0.3, -0.25) is 4.99 Å². The van der Waals surface area contributed by atoms with Gasteiger partial charge >= 0.3 is 0 Å². The smallest absolute Gasteiger partial charge is 0.0785 e. The van der Waals surface area contributed by atoms with Crippen LogP contribution >= 0.6 is 11.8 Å². The normalized spacial score (nSPS) is 27.7. The fourth-order valence-corrected chi connectivity index (χ4v) is 5.02. The van der Waals surface area contributed by atoms with Crippen molar-refractivity contribution in [1.29, 1.82) is 0 Å². The molecule has 0 amide bonds. The van der Waals surface area contributed by atoms with E-state index < -0.39 is 0 Å². The third-order valence-electron chi connectivity index (χ3n) is 4.94. The summed E-state index contributed by atoms with van der Waals surface area (Å²) in [6.45, 7) is 0. The van der Waals surface area contributed by atoms with Gasteiger partial charge in [0.25, 0.3) is 0 Å². The third kappa shape index (κ3) is 2.63. The van der Waals surface area contributed by atoms with Gasteiger partial charge in [0.1, 0.15) is 0 Å². The lowest BCUT2D eigenvalue weighted by Gasteiger charge is -2.30. The molecule has 2 unspecified atom stereocenters. The maximum absolute atomic E-state index is 6.00. The van der Waals surface area contributed by atoms with Gasteiger partial charge in [-0.15, -0.1) is 11.8 Å². The number of rotatable bonds is 1. The molecule has 0 bridgehead atoms. The molecule has 114 valence electrons. The van der Waals surface area contributed by atoms with E-state index in [0.717, 1.165) is 11.4 Å². The Hall–Kier alpha value is -1.48. The number of nitrogens with zero attached hydrogens (tertiary/aromatic N) is 1. The number of allylic oxidation sites excluding steroid dienone is 3. The summed E-state index contributed by atoms with van der Waals surface area (Å²) in [5, 5.41) is 0.468. The summed E-state index contributed by atoms with van der Waals surface area (Å²) in [5.74, 6) is 1.08. The average molecular weight is 310 g/mol. The second-order valence-electron chi connectivity index (χ2n) is 6.48. The van der Waals surface area contributed by atoms with Crippen molar-refractivity contribution in [2.24, 2.45) is 16.8 Å². The zero-order valence-electron chi connectivity index (χ0n) is 12.7. The summed E-state index contributed by atoms with van der Waals surface area (Å²) in [6, 6.07) is 6.16. The fourth-order valence-electron chi connectivity index (χ4n) is 3.81. The summed E-state index contributed by atoms with van der Waals surface area (Å²) in [5.41, 5.74) is 9.27. The zero-order valence-corrected chi connectivity index (χ0v) is 13.6. The third-order valence-corrected chi connectivity index (χ3v) is 6.27. The lowest BCUT2D eigenvalue weighted by atomic mass is 9.79. The van der Waals surface area contributed by atoms with Crippen LogP contribution < -0.4 is 5.73 Å². The number of anilines is 1. The summed E-state index contributed by atoms with van der Waals surface area (Å²) in [7, 11) is 0. The van der Waals surface area contributed by atoms with Crippen molar-refractivity contribution in [1.82, 2.24) is 0 Å². The maximum atomic E-state index is 6.00. The Morgan fingerprint density at radius 2 is 1.86 bits per heavy atom. The molecule has 0 saturated heterocycles. The molecule has 1 fully saturated rings. The van der Waals surface area contributed by atoms with Gasteiger partial charge < -0.3 is 5.73 Å². The van der Waals surface area contributed by atoms with Crippen LogP contribution in [0.3, 0.4) is 0 Å². The van der Waals surface area contributed by atoms with Crippen LogP contribution in [-0.2, 0) is 0 Å². The summed E-state index contributed by atoms with van der Waals surface area (Å²) in [4.78, 5) is 6.40. The van der Waals surface area contributed by atoms with Crippen LogP contribution in [0.2, 0.25) is 0 Å². The molecule has 2 atom stereocenters. The second kappa shape index (κ2) is 5.96. The van der Waals surface area contributed by atoms with E-state index in [1.54, 1.807) is 0 Å². The van der Waals surface area contributed by atoms with Crippen LogP contribution in [0.5, 0.6) is 0 Å². The molecular formula is C19H22N2S. The van der Waals surface area contributed by atoms with Gasteiger partial charge in [0.2, 0.25) is 0 Å². The largest absolute Gasteiger partial charge is 0.399 e. The highest BCUT2D eigenvalue weighted by Gasteiger charge is 2.33. The minimum atomic E-state index is 0.437. The number of nitrogen functional groups attached to an aromatic ring is 1. The molecule has 22 heavy (non-hydrogen) atoms. The lowest BCUT2D eigenvalue weighted by Crippen LogP contribution is -2.30. The number of aliphatic imine (C=N–C) groups is 1. The number of hydrogen-bond acceptors (Lipinski definition) is 3. The molecule has 1 aliphatic heterocycles. The van der Waals surface area contributed by atoms with E-state index in [2.05, 4.69) is 30.4 Å². The van der Waals surface area contributed by atoms with Crippen molar-refractivity contribution in [3.63, 3.8) is 0 Å². The molecular weight excluding hydrogens is 288 g/mol. The van der Waals surface area contributed by atoms with Gasteiger partial charge in [-0.25, -0.2) is 0 Å². The predicted molar refractivity (Wildman–Crippen MR) is 95.9 cm³/mol. The van der Waals surface area contributed by atoms with E-state index in [1.807, 2.05) is 23.9 Å².